The number of hydrogen-bond donors (Lipinski definition) is 1. The van der Waals surface area contributed by atoms with Gasteiger partial charge in [0, 0.05) is 11.3 Å². The average Bonchev–Trinajstić information content (AvgIpc) is 2.70. The molecule has 3 aromatic carbocycles. The summed E-state index contributed by atoms with van der Waals surface area (Å²) in [5.41, 5.74) is 2.68. The van der Waals surface area contributed by atoms with Crippen molar-refractivity contribution in [3.05, 3.63) is 87.9 Å². The zero-order chi connectivity index (χ0) is 19.0. The Balaban J connectivity index is 1.94. The van der Waals surface area contributed by atoms with Crippen LogP contribution in [-0.2, 0) is 0 Å². The van der Waals surface area contributed by atoms with Crippen molar-refractivity contribution >= 4 is 40.5 Å². The van der Waals surface area contributed by atoms with Crippen LogP contribution in [0.1, 0.15) is 22.1 Å². The van der Waals surface area contributed by atoms with Crippen LogP contribution < -0.4 is 15.0 Å². The van der Waals surface area contributed by atoms with Gasteiger partial charge in [0.2, 0.25) is 0 Å². The molecular weight excluding hydrogens is 383 g/mol. The molecule has 4 nitrogen and oxygen atoms in total. The molecule has 4 rings (SSSR count). The summed E-state index contributed by atoms with van der Waals surface area (Å²) in [6.07, 6.45) is -0.533. The average molecular weight is 399 g/mol. The normalized spacial score (nSPS) is 15.9. The van der Waals surface area contributed by atoms with Gasteiger partial charge in [0.25, 0.3) is 5.91 Å². The van der Waals surface area contributed by atoms with Gasteiger partial charge in [0.15, 0.2) is 0 Å². The number of carbonyl (C=O) groups excluding carboxylic acids is 1. The highest BCUT2D eigenvalue weighted by Crippen LogP contribution is 2.42. The van der Waals surface area contributed by atoms with Crippen LogP contribution in [0, 0.1) is 0 Å². The number of amides is 1. The van der Waals surface area contributed by atoms with Crippen LogP contribution in [0.2, 0.25) is 10.0 Å². The first kappa shape index (κ1) is 17.7. The Morgan fingerprint density at radius 3 is 2.52 bits per heavy atom. The van der Waals surface area contributed by atoms with Crippen molar-refractivity contribution in [1.29, 1.82) is 0 Å². The molecule has 0 bridgehead atoms. The summed E-state index contributed by atoms with van der Waals surface area (Å²) >= 11 is 12.7. The van der Waals surface area contributed by atoms with E-state index in [4.69, 9.17) is 27.9 Å². The van der Waals surface area contributed by atoms with E-state index in [1.165, 1.54) is 0 Å². The highest BCUT2D eigenvalue weighted by molar-refractivity contribution is 6.42. The lowest BCUT2D eigenvalue weighted by atomic mass is 10.0. The number of hydrogen-bond acceptors (Lipinski definition) is 3. The van der Waals surface area contributed by atoms with E-state index in [0.29, 0.717) is 32.6 Å². The van der Waals surface area contributed by atoms with Crippen molar-refractivity contribution < 1.29 is 9.53 Å². The predicted molar refractivity (Wildman–Crippen MR) is 109 cm³/mol. The van der Waals surface area contributed by atoms with Crippen molar-refractivity contribution in [3.8, 4) is 5.75 Å². The first-order chi connectivity index (χ1) is 13.1. The third kappa shape index (κ3) is 3.01. The third-order valence-electron chi connectivity index (χ3n) is 4.55. The zero-order valence-corrected chi connectivity index (χ0v) is 16.0. The monoisotopic (exact) mass is 398 g/mol. The Kier molecular flexibility index (Phi) is 4.68. The summed E-state index contributed by atoms with van der Waals surface area (Å²) in [6, 6.07) is 20.2. The summed E-state index contributed by atoms with van der Waals surface area (Å²) in [6.45, 7) is 0. The molecule has 6 heteroatoms. The van der Waals surface area contributed by atoms with Gasteiger partial charge in [-0.2, -0.15) is 0 Å². The van der Waals surface area contributed by atoms with E-state index >= 15 is 0 Å². The van der Waals surface area contributed by atoms with Gasteiger partial charge in [-0.05, 0) is 30.3 Å². The van der Waals surface area contributed by atoms with Gasteiger partial charge in [0.1, 0.15) is 11.9 Å². The van der Waals surface area contributed by atoms with Crippen LogP contribution in [0.5, 0.6) is 5.75 Å². The van der Waals surface area contributed by atoms with Crippen LogP contribution in [0.25, 0.3) is 0 Å². The molecule has 0 aromatic heterocycles. The Bertz CT molecular complexity index is 1020. The van der Waals surface area contributed by atoms with Crippen molar-refractivity contribution in [2.75, 3.05) is 17.3 Å². The fourth-order valence-corrected chi connectivity index (χ4v) is 3.69. The molecule has 1 heterocycles. The van der Waals surface area contributed by atoms with E-state index in [0.717, 1.165) is 5.69 Å². The second-order valence-electron chi connectivity index (χ2n) is 6.08. The van der Waals surface area contributed by atoms with Crippen molar-refractivity contribution in [3.63, 3.8) is 0 Å². The molecule has 1 aliphatic heterocycles. The highest BCUT2D eigenvalue weighted by Gasteiger charge is 2.36. The Morgan fingerprint density at radius 1 is 0.963 bits per heavy atom. The number of methoxy groups -OCH3 is 1. The van der Waals surface area contributed by atoms with E-state index in [2.05, 4.69) is 5.32 Å². The molecule has 0 fully saturated rings. The van der Waals surface area contributed by atoms with Gasteiger partial charge < -0.3 is 10.1 Å². The molecule has 1 amide bonds. The summed E-state index contributed by atoms with van der Waals surface area (Å²) in [4.78, 5) is 15.1. The molecule has 0 unspecified atom stereocenters. The minimum absolute atomic E-state index is 0.144. The first-order valence-electron chi connectivity index (χ1n) is 8.38. The predicted octanol–water partition coefficient (Wildman–Crippen LogP) is 5.77. The quantitative estimate of drug-likeness (QED) is 0.608. The largest absolute Gasteiger partial charge is 0.495 e. The smallest absolute Gasteiger partial charge is 0.262 e. The van der Waals surface area contributed by atoms with Crippen molar-refractivity contribution in [2.24, 2.45) is 0 Å². The highest BCUT2D eigenvalue weighted by atomic mass is 35.5. The number of para-hydroxylation sites is 3. The molecule has 27 heavy (non-hydrogen) atoms. The standard InChI is InChI=1S/C21H16Cl2N2O2/c1-27-18-12-5-4-11-17(18)25-20(14-8-6-9-15(22)19(14)23)24-16-10-3-2-7-13(16)21(25)26/h2-12,20,24H,1H3/t20-/m1/s1. The first-order valence-corrected chi connectivity index (χ1v) is 9.13. The van der Waals surface area contributed by atoms with E-state index in [9.17, 15) is 4.79 Å². The van der Waals surface area contributed by atoms with Gasteiger partial charge in [-0.25, -0.2) is 0 Å². The molecule has 136 valence electrons. The van der Waals surface area contributed by atoms with E-state index in [1.807, 2.05) is 54.6 Å². The lowest BCUT2D eigenvalue weighted by molar-refractivity contribution is 0.0974. The Morgan fingerprint density at radius 2 is 1.70 bits per heavy atom. The molecule has 3 aromatic rings. The number of anilines is 2. The number of nitrogens with one attached hydrogen (secondary N) is 1. The Labute approximate surface area is 167 Å². The molecule has 1 atom stereocenters. The van der Waals surface area contributed by atoms with Gasteiger partial charge >= 0.3 is 0 Å². The van der Waals surface area contributed by atoms with Gasteiger partial charge in [-0.3, -0.25) is 9.69 Å². The number of ether oxygens (including phenoxy) is 1. The van der Waals surface area contributed by atoms with Crippen LogP contribution in [-0.4, -0.2) is 13.0 Å². The molecular formula is C21H16Cl2N2O2. The fourth-order valence-electron chi connectivity index (χ4n) is 3.28. The number of benzene rings is 3. The number of nitrogens with zero attached hydrogens (tertiary/aromatic N) is 1. The lowest BCUT2D eigenvalue weighted by Gasteiger charge is -2.39. The minimum atomic E-state index is -0.533. The van der Waals surface area contributed by atoms with Gasteiger partial charge in [-0.15, -0.1) is 0 Å². The maximum Gasteiger partial charge on any atom is 0.262 e. The fraction of sp³-hybridized carbons (Fsp3) is 0.0952. The van der Waals surface area contributed by atoms with Gasteiger partial charge in [0.05, 0.1) is 28.4 Å². The second kappa shape index (κ2) is 7.14. The zero-order valence-electron chi connectivity index (χ0n) is 14.4. The molecule has 0 aliphatic carbocycles. The Hall–Kier alpha value is -2.69. The summed E-state index contributed by atoms with van der Waals surface area (Å²) in [5.74, 6) is 0.449. The summed E-state index contributed by atoms with van der Waals surface area (Å²) < 4.78 is 5.49. The van der Waals surface area contributed by atoms with E-state index in [1.54, 1.807) is 24.1 Å². The maximum atomic E-state index is 13.4. The summed E-state index contributed by atoms with van der Waals surface area (Å²) in [5, 5.41) is 4.26. The lowest BCUT2D eigenvalue weighted by Crippen LogP contribution is -2.43. The van der Waals surface area contributed by atoms with Gasteiger partial charge in [-0.1, -0.05) is 59.6 Å². The van der Waals surface area contributed by atoms with E-state index < -0.39 is 6.17 Å². The third-order valence-corrected chi connectivity index (χ3v) is 5.38. The van der Waals surface area contributed by atoms with Crippen LogP contribution >= 0.6 is 23.2 Å². The number of fused-ring (bicyclic) bond motifs is 1. The van der Waals surface area contributed by atoms with Crippen molar-refractivity contribution in [1.82, 2.24) is 0 Å². The molecule has 1 N–H and O–H groups in total. The topological polar surface area (TPSA) is 41.6 Å². The minimum Gasteiger partial charge on any atom is -0.495 e. The summed E-state index contributed by atoms with van der Waals surface area (Å²) in [7, 11) is 1.58. The second-order valence-corrected chi connectivity index (χ2v) is 6.87. The number of carbonyl (C=O) groups is 1. The van der Waals surface area contributed by atoms with Crippen molar-refractivity contribution in [2.45, 2.75) is 6.17 Å². The van der Waals surface area contributed by atoms with E-state index in [-0.39, 0.29) is 5.91 Å². The molecule has 0 saturated carbocycles. The molecule has 0 spiro atoms. The maximum absolute atomic E-state index is 13.4. The van der Waals surface area contributed by atoms with Crippen LogP contribution in [0.3, 0.4) is 0 Å². The SMILES string of the molecule is COc1ccccc1N1C(=O)c2ccccc2N[C@H]1c1cccc(Cl)c1Cl. The van der Waals surface area contributed by atoms with Crippen LogP contribution in [0.15, 0.2) is 66.7 Å². The molecule has 1 aliphatic rings. The number of rotatable bonds is 3. The van der Waals surface area contributed by atoms with Crippen LogP contribution in [0.4, 0.5) is 11.4 Å². The number of halogens is 2. The molecule has 0 radical (unpaired) electrons. The molecule has 0 saturated heterocycles.